The van der Waals surface area contributed by atoms with Crippen molar-refractivity contribution in [2.45, 2.75) is 31.7 Å². The number of ether oxygens (including phenoxy) is 1. The third kappa shape index (κ3) is 3.19. The lowest BCUT2D eigenvalue weighted by Crippen LogP contribution is -2.35. The van der Waals surface area contributed by atoms with E-state index in [1.165, 1.54) is 26.0 Å². The van der Waals surface area contributed by atoms with E-state index in [2.05, 4.69) is 21.2 Å². The van der Waals surface area contributed by atoms with Gasteiger partial charge in [0.2, 0.25) is 0 Å². The maximum Gasteiger partial charge on any atom is 0.166 e. The molecule has 17 heavy (non-hydrogen) atoms. The number of rotatable bonds is 3. The van der Waals surface area contributed by atoms with E-state index in [4.69, 9.17) is 4.74 Å². The van der Waals surface area contributed by atoms with Crippen molar-refractivity contribution in [2.75, 3.05) is 13.7 Å². The van der Waals surface area contributed by atoms with Crippen molar-refractivity contribution in [1.82, 2.24) is 5.32 Å². The van der Waals surface area contributed by atoms with E-state index in [0.29, 0.717) is 11.8 Å². The minimum Gasteiger partial charge on any atom is -0.493 e. The zero-order chi connectivity index (χ0) is 12.3. The van der Waals surface area contributed by atoms with Crippen molar-refractivity contribution >= 4 is 15.9 Å². The van der Waals surface area contributed by atoms with Crippen LogP contribution in [-0.4, -0.2) is 19.7 Å². The summed E-state index contributed by atoms with van der Waals surface area (Å²) in [6.45, 7) is 1.06. The molecule has 94 valence electrons. The van der Waals surface area contributed by atoms with Crippen LogP contribution in [0.4, 0.5) is 4.39 Å². The first-order valence-electron chi connectivity index (χ1n) is 5.96. The van der Waals surface area contributed by atoms with Crippen molar-refractivity contribution in [1.29, 1.82) is 0 Å². The van der Waals surface area contributed by atoms with Gasteiger partial charge in [0.25, 0.3) is 0 Å². The molecule has 1 atom stereocenters. The maximum atomic E-state index is 13.7. The highest BCUT2D eigenvalue weighted by Gasteiger charge is 2.17. The van der Waals surface area contributed by atoms with E-state index < -0.39 is 0 Å². The van der Waals surface area contributed by atoms with Crippen LogP contribution < -0.4 is 10.1 Å². The summed E-state index contributed by atoms with van der Waals surface area (Å²) in [5, 5.41) is 3.46. The molecule has 0 aromatic heterocycles. The molecule has 4 heteroatoms. The molecular formula is C13H17BrFNO. The van der Waals surface area contributed by atoms with E-state index in [-0.39, 0.29) is 5.82 Å². The summed E-state index contributed by atoms with van der Waals surface area (Å²) in [6.07, 6.45) is 4.45. The summed E-state index contributed by atoms with van der Waals surface area (Å²) >= 11 is 3.33. The van der Waals surface area contributed by atoms with Gasteiger partial charge in [0.05, 0.1) is 7.11 Å². The maximum absolute atomic E-state index is 13.7. The Labute approximate surface area is 110 Å². The Morgan fingerprint density at radius 1 is 1.47 bits per heavy atom. The molecule has 1 aliphatic rings. The minimum atomic E-state index is -0.298. The Hall–Kier alpha value is -0.610. The van der Waals surface area contributed by atoms with Crippen LogP contribution in [0.3, 0.4) is 0 Å². The monoisotopic (exact) mass is 301 g/mol. The largest absolute Gasteiger partial charge is 0.493 e. The van der Waals surface area contributed by atoms with Gasteiger partial charge in [-0.1, -0.05) is 22.4 Å². The van der Waals surface area contributed by atoms with Gasteiger partial charge in [-0.2, -0.15) is 0 Å². The van der Waals surface area contributed by atoms with Crippen LogP contribution in [0.2, 0.25) is 0 Å². The Balaban J connectivity index is 2.18. The van der Waals surface area contributed by atoms with Gasteiger partial charge in [0, 0.05) is 10.5 Å². The zero-order valence-electron chi connectivity index (χ0n) is 9.93. The number of hydrogen-bond donors (Lipinski definition) is 1. The summed E-state index contributed by atoms with van der Waals surface area (Å²) in [4.78, 5) is 0. The molecule has 1 aliphatic heterocycles. The Bertz CT molecular complexity index is 391. The molecule has 0 aliphatic carbocycles. The summed E-state index contributed by atoms with van der Waals surface area (Å²) in [5.41, 5.74) is 0.929. The van der Waals surface area contributed by atoms with Gasteiger partial charge in [-0.05, 0) is 43.5 Å². The number of halogens is 2. The Morgan fingerprint density at radius 2 is 2.29 bits per heavy atom. The van der Waals surface area contributed by atoms with Crippen molar-refractivity contribution in [3.05, 3.63) is 28.0 Å². The fourth-order valence-electron chi connectivity index (χ4n) is 2.36. The molecule has 1 aromatic carbocycles. The molecule has 0 amide bonds. The van der Waals surface area contributed by atoms with E-state index in [0.717, 1.165) is 29.4 Å². The lowest BCUT2D eigenvalue weighted by atomic mass is 9.97. The first kappa shape index (κ1) is 12.8. The molecule has 1 N–H and O–H groups in total. The van der Waals surface area contributed by atoms with Gasteiger partial charge in [0.15, 0.2) is 11.6 Å². The van der Waals surface area contributed by atoms with Crippen LogP contribution in [-0.2, 0) is 6.42 Å². The third-order valence-corrected chi connectivity index (χ3v) is 3.63. The molecule has 0 bridgehead atoms. The number of benzene rings is 1. The van der Waals surface area contributed by atoms with Crippen LogP contribution in [0.1, 0.15) is 24.8 Å². The lowest BCUT2D eigenvalue weighted by molar-refractivity contribution is 0.366. The minimum absolute atomic E-state index is 0.298. The number of piperidine rings is 1. The predicted molar refractivity (Wildman–Crippen MR) is 70.0 cm³/mol. The number of nitrogens with one attached hydrogen (secondary N) is 1. The van der Waals surface area contributed by atoms with Crippen LogP contribution in [0, 0.1) is 5.82 Å². The summed E-state index contributed by atoms with van der Waals surface area (Å²) in [7, 11) is 1.52. The molecular weight excluding hydrogens is 285 g/mol. The van der Waals surface area contributed by atoms with Crippen LogP contribution >= 0.6 is 15.9 Å². The molecule has 0 radical (unpaired) electrons. The Morgan fingerprint density at radius 3 is 2.94 bits per heavy atom. The Kier molecular flexibility index (Phi) is 4.40. The third-order valence-electron chi connectivity index (χ3n) is 3.17. The normalized spacial score (nSPS) is 20.3. The SMILES string of the molecule is COc1c(F)cc(Br)cc1CC1CCCCN1. The molecule has 1 heterocycles. The second-order valence-corrected chi connectivity index (χ2v) is 5.35. The van der Waals surface area contributed by atoms with Gasteiger partial charge < -0.3 is 10.1 Å². The van der Waals surface area contributed by atoms with Gasteiger partial charge >= 0.3 is 0 Å². The second kappa shape index (κ2) is 5.83. The van der Waals surface area contributed by atoms with Gasteiger partial charge in [0.1, 0.15) is 0 Å². The lowest BCUT2D eigenvalue weighted by Gasteiger charge is -2.24. The van der Waals surface area contributed by atoms with E-state index in [1.807, 2.05) is 6.07 Å². The fraction of sp³-hybridized carbons (Fsp3) is 0.538. The topological polar surface area (TPSA) is 21.3 Å². The first-order chi connectivity index (χ1) is 8.20. The van der Waals surface area contributed by atoms with Crippen LogP contribution in [0.15, 0.2) is 16.6 Å². The number of hydrogen-bond acceptors (Lipinski definition) is 2. The van der Waals surface area contributed by atoms with E-state index in [1.54, 1.807) is 0 Å². The highest BCUT2D eigenvalue weighted by molar-refractivity contribution is 9.10. The summed E-state index contributed by atoms with van der Waals surface area (Å²) in [6, 6.07) is 3.82. The molecule has 0 saturated carbocycles. The average Bonchev–Trinajstić information content (AvgIpc) is 2.30. The van der Waals surface area contributed by atoms with Crippen molar-refractivity contribution < 1.29 is 9.13 Å². The van der Waals surface area contributed by atoms with E-state index in [9.17, 15) is 4.39 Å². The van der Waals surface area contributed by atoms with Crippen LogP contribution in [0.25, 0.3) is 0 Å². The van der Waals surface area contributed by atoms with Crippen molar-refractivity contribution in [3.63, 3.8) is 0 Å². The molecule has 2 rings (SSSR count). The second-order valence-electron chi connectivity index (χ2n) is 4.43. The quantitative estimate of drug-likeness (QED) is 0.925. The van der Waals surface area contributed by atoms with Crippen molar-refractivity contribution in [3.8, 4) is 5.75 Å². The summed E-state index contributed by atoms with van der Waals surface area (Å²) in [5.74, 6) is 0.0771. The van der Waals surface area contributed by atoms with Gasteiger partial charge in [-0.15, -0.1) is 0 Å². The summed E-state index contributed by atoms with van der Waals surface area (Å²) < 4.78 is 19.6. The smallest absolute Gasteiger partial charge is 0.166 e. The standard InChI is InChI=1S/C13H17BrFNO/c1-17-13-9(6-10(14)8-12(13)15)7-11-4-2-3-5-16-11/h6,8,11,16H,2-5,7H2,1H3. The van der Waals surface area contributed by atoms with E-state index >= 15 is 0 Å². The molecule has 1 fully saturated rings. The average molecular weight is 302 g/mol. The number of methoxy groups -OCH3 is 1. The van der Waals surface area contributed by atoms with Gasteiger partial charge in [-0.3, -0.25) is 0 Å². The molecule has 2 nitrogen and oxygen atoms in total. The fourth-order valence-corrected chi connectivity index (χ4v) is 2.83. The van der Waals surface area contributed by atoms with Gasteiger partial charge in [-0.25, -0.2) is 4.39 Å². The van der Waals surface area contributed by atoms with Crippen LogP contribution in [0.5, 0.6) is 5.75 Å². The predicted octanol–water partition coefficient (Wildman–Crippen LogP) is 3.28. The highest BCUT2D eigenvalue weighted by Crippen LogP contribution is 2.29. The molecule has 1 unspecified atom stereocenters. The highest BCUT2D eigenvalue weighted by atomic mass is 79.9. The van der Waals surface area contributed by atoms with Crippen molar-refractivity contribution in [2.24, 2.45) is 0 Å². The zero-order valence-corrected chi connectivity index (χ0v) is 11.5. The molecule has 1 aromatic rings. The molecule has 1 saturated heterocycles. The molecule has 0 spiro atoms. The first-order valence-corrected chi connectivity index (χ1v) is 6.75.